The normalized spacial score (nSPS) is 28.9. The molecule has 0 spiro atoms. The first-order valence-electron chi connectivity index (χ1n) is 7.35. The molecule has 108 valence electrons. The molecule has 0 bridgehead atoms. The smallest absolute Gasteiger partial charge is 0.239 e. The Hall–Kier alpha value is -1.10. The highest BCUT2D eigenvalue weighted by atomic mass is 16.2. The van der Waals surface area contributed by atoms with Crippen LogP contribution in [0.3, 0.4) is 0 Å². The Morgan fingerprint density at radius 1 is 1.11 bits per heavy atom. The van der Waals surface area contributed by atoms with Crippen LogP contribution in [-0.4, -0.2) is 60.4 Å². The zero-order valence-corrected chi connectivity index (χ0v) is 12.0. The third kappa shape index (κ3) is 3.69. The van der Waals surface area contributed by atoms with E-state index in [0.717, 1.165) is 38.9 Å². The number of nitrogens with one attached hydrogen (secondary N) is 1. The van der Waals surface area contributed by atoms with E-state index < -0.39 is 0 Å². The Bertz CT molecular complexity index is 346. The molecule has 2 heterocycles. The molecule has 2 aliphatic heterocycles. The van der Waals surface area contributed by atoms with Gasteiger partial charge in [0, 0.05) is 33.1 Å². The number of amides is 2. The molecule has 0 aromatic rings. The highest BCUT2D eigenvalue weighted by Gasteiger charge is 2.29. The van der Waals surface area contributed by atoms with Gasteiger partial charge in [-0.25, -0.2) is 0 Å². The Morgan fingerprint density at radius 2 is 1.79 bits per heavy atom. The summed E-state index contributed by atoms with van der Waals surface area (Å²) in [5.74, 6) is 0.951. The Kier molecular flexibility index (Phi) is 4.80. The van der Waals surface area contributed by atoms with Crippen LogP contribution in [0.1, 0.15) is 33.1 Å². The van der Waals surface area contributed by atoms with E-state index in [2.05, 4.69) is 12.2 Å². The van der Waals surface area contributed by atoms with E-state index in [4.69, 9.17) is 0 Å². The van der Waals surface area contributed by atoms with Crippen LogP contribution < -0.4 is 5.32 Å². The molecule has 0 radical (unpaired) electrons. The number of carbonyl (C=O) groups is 2. The number of carbonyl (C=O) groups excluding carboxylic acids is 2. The SMILES string of the molecule is CC(=O)N1CCCN(C(=O)C2CC(C)CCN2)CC1. The lowest BCUT2D eigenvalue weighted by molar-refractivity contribution is -0.135. The van der Waals surface area contributed by atoms with Crippen LogP contribution in [0.2, 0.25) is 0 Å². The molecule has 5 heteroatoms. The average Bonchev–Trinajstić information content (AvgIpc) is 2.63. The van der Waals surface area contributed by atoms with Crippen molar-refractivity contribution in [2.24, 2.45) is 5.92 Å². The van der Waals surface area contributed by atoms with Gasteiger partial charge in [-0.3, -0.25) is 9.59 Å². The summed E-state index contributed by atoms with van der Waals surface area (Å²) in [7, 11) is 0. The van der Waals surface area contributed by atoms with E-state index in [0.29, 0.717) is 19.0 Å². The van der Waals surface area contributed by atoms with E-state index in [-0.39, 0.29) is 17.9 Å². The third-order valence-electron chi connectivity index (χ3n) is 4.22. The minimum Gasteiger partial charge on any atom is -0.341 e. The summed E-state index contributed by atoms with van der Waals surface area (Å²) in [6.07, 6.45) is 2.97. The average molecular weight is 267 g/mol. The summed E-state index contributed by atoms with van der Waals surface area (Å²) in [5.41, 5.74) is 0. The van der Waals surface area contributed by atoms with Crippen molar-refractivity contribution in [2.75, 3.05) is 32.7 Å². The molecule has 0 aliphatic carbocycles. The highest BCUT2D eigenvalue weighted by Crippen LogP contribution is 2.17. The molecule has 0 saturated carbocycles. The Balaban J connectivity index is 1.90. The van der Waals surface area contributed by atoms with Crippen LogP contribution in [0.15, 0.2) is 0 Å². The molecule has 19 heavy (non-hydrogen) atoms. The van der Waals surface area contributed by atoms with Crippen molar-refractivity contribution in [3.63, 3.8) is 0 Å². The van der Waals surface area contributed by atoms with E-state index in [1.54, 1.807) is 6.92 Å². The second-order valence-corrected chi connectivity index (χ2v) is 5.82. The van der Waals surface area contributed by atoms with Crippen LogP contribution in [0.5, 0.6) is 0 Å². The topological polar surface area (TPSA) is 52.7 Å². The van der Waals surface area contributed by atoms with Gasteiger partial charge in [0.1, 0.15) is 0 Å². The molecule has 5 nitrogen and oxygen atoms in total. The van der Waals surface area contributed by atoms with Crippen molar-refractivity contribution in [1.29, 1.82) is 0 Å². The first-order chi connectivity index (χ1) is 9.08. The number of hydrogen-bond donors (Lipinski definition) is 1. The fraction of sp³-hybridized carbons (Fsp3) is 0.857. The summed E-state index contributed by atoms with van der Waals surface area (Å²) in [5, 5.41) is 3.33. The highest BCUT2D eigenvalue weighted by molar-refractivity contribution is 5.82. The van der Waals surface area contributed by atoms with Gasteiger partial charge in [-0.2, -0.15) is 0 Å². The van der Waals surface area contributed by atoms with Crippen LogP contribution in [0.25, 0.3) is 0 Å². The molecule has 2 unspecified atom stereocenters. The lowest BCUT2D eigenvalue weighted by Gasteiger charge is -2.31. The van der Waals surface area contributed by atoms with Gasteiger partial charge >= 0.3 is 0 Å². The molecule has 2 aliphatic rings. The molecule has 2 fully saturated rings. The van der Waals surface area contributed by atoms with Crippen LogP contribution in [-0.2, 0) is 9.59 Å². The second-order valence-electron chi connectivity index (χ2n) is 5.82. The maximum Gasteiger partial charge on any atom is 0.239 e. The summed E-state index contributed by atoms with van der Waals surface area (Å²) in [6, 6.07) is -0.0207. The van der Waals surface area contributed by atoms with Gasteiger partial charge in [0.25, 0.3) is 0 Å². The fourth-order valence-electron chi connectivity index (χ4n) is 2.97. The maximum atomic E-state index is 12.5. The van der Waals surface area contributed by atoms with E-state index in [1.165, 1.54) is 0 Å². The second kappa shape index (κ2) is 6.37. The van der Waals surface area contributed by atoms with Crippen molar-refractivity contribution in [3.8, 4) is 0 Å². The van der Waals surface area contributed by atoms with Gasteiger partial charge < -0.3 is 15.1 Å². The zero-order chi connectivity index (χ0) is 13.8. The molecule has 2 atom stereocenters. The van der Waals surface area contributed by atoms with Gasteiger partial charge in [-0.1, -0.05) is 6.92 Å². The van der Waals surface area contributed by atoms with Crippen molar-refractivity contribution in [2.45, 2.75) is 39.2 Å². The summed E-state index contributed by atoms with van der Waals surface area (Å²) in [4.78, 5) is 27.6. The number of rotatable bonds is 1. The quantitative estimate of drug-likeness (QED) is 0.751. The van der Waals surface area contributed by atoms with Gasteiger partial charge in [0.2, 0.25) is 11.8 Å². The lowest BCUT2D eigenvalue weighted by Crippen LogP contribution is -2.50. The fourth-order valence-corrected chi connectivity index (χ4v) is 2.97. The summed E-state index contributed by atoms with van der Waals surface area (Å²) in [6.45, 7) is 7.63. The van der Waals surface area contributed by atoms with Crippen molar-refractivity contribution < 1.29 is 9.59 Å². The van der Waals surface area contributed by atoms with Crippen LogP contribution >= 0.6 is 0 Å². The Labute approximate surface area is 115 Å². The maximum absolute atomic E-state index is 12.5. The third-order valence-corrected chi connectivity index (χ3v) is 4.22. The van der Waals surface area contributed by atoms with Gasteiger partial charge in [0.15, 0.2) is 0 Å². The summed E-state index contributed by atoms with van der Waals surface area (Å²) >= 11 is 0. The van der Waals surface area contributed by atoms with Crippen molar-refractivity contribution >= 4 is 11.8 Å². The number of piperidine rings is 1. The molecular weight excluding hydrogens is 242 g/mol. The monoisotopic (exact) mass is 267 g/mol. The van der Waals surface area contributed by atoms with E-state index >= 15 is 0 Å². The first-order valence-corrected chi connectivity index (χ1v) is 7.35. The van der Waals surface area contributed by atoms with Gasteiger partial charge in [-0.15, -0.1) is 0 Å². The molecule has 1 N–H and O–H groups in total. The largest absolute Gasteiger partial charge is 0.341 e. The predicted octanol–water partition coefficient (Wildman–Crippen LogP) is 0.455. The first kappa shape index (κ1) is 14.3. The lowest BCUT2D eigenvalue weighted by atomic mass is 9.93. The Morgan fingerprint density at radius 3 is 2.47 bits per heavy atom. The number of nitrogens with zero attached hydrogens (tertiary/aromatic N) is 2. The van der Waals surface area contributed by atoms with Gasteiger partial charge in [-0.05, 0) is 31.7 Å². The predicted molar refractivity (Wildman–Crippen MR) is 73.6 cm³/mol. The standard InChI is InChI=1S/C14H25N3O2/c1-11-4-5-15-13(10-11)14(19)17-7-3-6-16(8-9-17)12(2)18/h11,13,15H,3-10H2,1-2H3. The van der Waals surface area contributed by atoms with Crippen LogP contribution in [0.4, 0.5) is 0 Å². The zero-order valence-electron chi connectivity index (χ0n) is 12.0. The van der Waals surface area contributed by atoms with Crippen molar-refractivity contribution in [1.82, 2.24) is 15.1 Å². The molecule has 2 saturated heterocycles. The van der Waals surface area contributed by atoms with Crippen LogP contribution in [0, 0.1) is 5.92 Å². The molecule has 0 aromatic heterocycles. The van der Waals surface area contributed by atoms with E-state index in [9.17, 15) is 9.59 Å². The molecule has 2 rings (SSSR count). The van der Waals surface area contributed by atoms with E-state index in [1.807, 2.05) is 9.80 Å². The van der Waals surface area contributed by atoms with Crippen molar-refractivity contribution in [3.05, 3.63) is 0 Å². The summed E-state index contributed by atoms with van der Waals surface area (Å²) < 4.78 is 0. The molecule has 2 amide bonds. The minimum absolute atomic E-state index is 0.0207. The molecule has 0 aromatic carbocycles. The number of hydrogen-bond acceptors (Lipinski definition) is 3. The van der Waals surface area contributed by atoms with Gasteiger partial charge in [0.05, 0.1) is 6.04 Å². The minimum atomic E-state index is -0.0207. The molecular formula is C14H25N3O2.